The summed E-state index contributed by atoms with van der Waals surface area (Å²) >= 11 is 1.56. The molecule has 0 spiro atoms. The van der Waals surface area contributed by atoms with Crippen LogP contribution in [0.25, 0.3) is 21.8 Å². The third-order valence-electron chi connectivity index (χ3n) is 4.98. The van der Waals surface area contributed by atoms with Crippen LogP contribution >= 0.6 is 11.3 Å². The zero-order valence-electron chi connectivity index (χ0n) is 17.7. The number of fused-ring (bicyclic) bond motifs is 1. The summed E-state index contributed by atoms with van der Waals surface area (Å²) in [6, 6.07) is 14.9. The van der Waals surface area contributed by atoms with Crippen molar-refractivity contribution >= 4 is 28.9 Å². The fraction of sp³-hybridized carbons (Fsp3) is 0.292. The molecule has 0 N–H and O–H groups in total. The van der Waals surface area contributed by atoms with Gasteiger partial charge in [0.2, 0.25) is 0 Å². The molecule has 0 saturated carbocycles. The number of anilines is 1. The van der Waals surface area contributed by atoms with E-state index in [4.69, 9.17) is 14.5 Å². The van der Waals surface area contributed by atoms with Gasteiger partial charge < -0.3 is 9.47 Å². The quantitative estimate of drug-likeness (QED) is 0.513. The highest BCUT2D eigenvalue weighted by Gasteiger charge is 2.36. The molecular formula is C24H24N2O4S. The summed E-state index contributed by atoms with van der Waals surface area (Å²) in [6.07, 6.45) is 0.186. The van der Waals surface area contributed by atoms with Gasteiger partial charge in [0, 0.05) is 16.5 Å². The molecule has 31 heavy (non-hydrogen) atoms. The Labute approximate surface area is 185 Å². The summed E-state index contributed by atoms with van der Waals surface area (Å²) in [5, 5.41) is 2.91. The van der Waals surface area contributed by atoms with Gasteiger partial charge in [-0.1, -0.05) is 37.3 Å². The normalized spacial score (nSPS) is 14.2. The van der Waals surface area contributed by atoms with Crippen LogP contribution in [0.3, 0.4) is 0 Å². The van der Waals surface area contributed by atoms with Gasteiger partial charge in [-0.15, -0.1) is 11.3 Å². The molecular weight excluding hydrogens is 412 g/mol. The molecule has 160 valence electrons. The van der Waals surface area contributed by atoms with Crippen LogP contribution in [0.2, 0.25) is 0 Å². The second-order valence-corrected chi connectivity index (χ2v) is 8.41. The Morgan fingerprint density at radius 1 is 1.19 bits per heavy atom. The SMILES string of the molecule is CCC(C(=O)OC(C)C)N1C(=O)COc2ccc(-c3csc(-c4ccccc4)n3)cc21. The van der Waals surface area contributed by atoms with Gasteiger partial charge in [-0.3, -0.25) is 9.69 Å². The molecule has 2 heterocycles. The van der Waals surface area contributed by atoms with Crippen molar-refractivity contribution in [3.05, 3.63) is 53.9 Å². The van der Waals surface area contributed by atoms with Crippen molar-refractivity contribution < 1.29 is 19.1 Å². The molecule has 1 aliphatic rings. The number of amides is 1. The average molecular weight is 437 g/mol. The van der Waals surface area contributed by atoms with Crippen LogP contribution in [0.15, 0.2) is 53.9 Å². The monoisotopic (exact) mass is 436 g/mol. The number of nitrogens with zero attached hydrogens (tertiary/aromatic N) is 2. The maximum Gasteiger partial charge on any atom is 0.329 e. The Kier molecular flexibility index (Phi) is 6.04. The Bertz CT molecular complexity index is 1090. The van der Waals surface area contributed by atoms with E-state index in [0.717, 1.165) is 21.8 Å². The van der Waals surface area contributed by atoms with Crippen LogP contribution in [0.5, 0.6) is 5.75 Å². The van der Waals surface area contributed by atoms with Crippen molar-refractivity contribution in [3.8, 4) is 27.6 Å². The summed E-state index contributed by atoms with van der Waals surface area (Å²) in [4.78, 5) is 31.7. The molecule has 3 aromatic rings. The average Bonchev–Trinajstić information content (AvgIpc) is 3.26. The number of hydrogen-bond acceptors (Lipinski definition) is 6. The first-order valence-electron chi connectivity index (χ1n) is 10.3. The number of benzene rings is 2. The lowest BCUT2D eigenvalue weighted by Gasteiger charge is -2.34. The van der Waals surface area contributed by atoms with Gasteiger partial charge in [-0.25, -0.2) is 9.78 Å². The molecule has 0 aliphatic carbocycles. The van der Waals surface area contributed by atoms with Crippen molar-refractivity contribution in [1.29, 1.82) is 0 Å². The molecule has 1 atom stereocenters. The molecule has 4 rings (SSSR count). The zero-order valence-corrected chi connectivity index (χ0v) is 18.5. The molecule has 0 radical (unpaired) electrons. The van der Waals surface area contributed by atoms with Crippen molar-refractivity contribution in [2.45, 2.75) is 39.3 Å². The van der Waals surface area contributed by atoms with E-state index in [-0.39, 0.29) is 18.6 Å². The van der Waals surface area contributed by atoms with Gasteiger partial charge in [0.25, 0.3) is 5.91 Å². The largest absolute Gasteiger partial charge is 0.482 e. The van der Waals surface area contributed by atoms with Crippen LogP contribution in [-0.4, -0.2) is 35.6 Å². The predicted octanol–water partition coefficient (Wildman–Crippen LogP) is 4.93. The second-order valence-electron chi connectivity index (χ2n) is 7.55. The zero-order chi connectivity index (χ0) is 22.0. The first kappa shape index (κ1) is 21.1. The van der Waals surface area contributed by atoms with Crippen LogP contribution in [0.1, 0.15) is 27.2 Å². The highest BCUT2D eigenvalue weighted by Crippen LogP contribution is 2.38. The minimum Gasteiger partial charge on any atom is -0.482 e. The lowest BCUT2D eigenvalue weighted by atomic mass is 10.1. The maximum atomic E-state index is 12.8. The molecule has 7 heteroatoms. The Balaban J connectivity index is 1.70. The Morgan fingerprint density at radius 2 is 1.97 bits per heavy atom. The van der Waals surface area contributed by atoms with Crippen LogP contribution in [-0.2, 0) is 14.3 Å². The van der Waals surface area contributed by atoms with Crippen molar-refractivity contribution in [2.75, 3.05) is 11.5 Å². The highest BCUT2D eigenvalue weighted by molar-refractivity contribution is 7.13. The fourth-order valence-electron chi connectivity index (χ4n) is 3.56. The van der Waals surface area contributed by atoms with Gasteiger partial charge in [-0.2, -0.15) is 0 Å². The van der Waals surface area contributed by atoms with Crippen molar-refractivity contribution in [2.24, 2.45) is 0 Å². The van der Waals surface area contributed by atoms with Gasteiger partial charge >= 0.3 is 5.97 Å². The lowest BCUT2D eigenvalue weighted by molar-refractivity contribution is -0.150. The molecule has 0 fully saturated rings. The molecule has 1 aliphatic heterocycles. The molecule has 0 bridgehead atoms. The number of ether oxygens (including phenoxy) is 2. The van der Waals surface area contributed by atoms with Gasteiger partial charge in [-0.05, 0) is 38.5 Å². The standard InChI is InChI=1S/C24H24N2O4S/c1-4-19(24(28)30-15(2)3)26-20-12-17(10-11-21(20)29-13-22(26)27)18-14-31-23(25-18)16-8-6-5-7-9-16/h5-12,14-15,19H,4,13H2,1-3H3. The minimum absolute atomic E-state index is 0.105. The first-order valence-corrected chi connectivity index (χ1v) is 11.2. The van der Waals surface area contributed by atoms with E-state index in [2.05, 4.69) is 0 Å². The number of hydrogen-bond donors (Lipinski definition) is 0. The van der Waals surface area contributed by atoms with Crippen LogP contribution < -0.4 is 9.64 Å². The molecule has 1 aromatic heterocycles. The molecule has 6 nitrogen and oxygen atoms in total. The van der Waals surface area contributed by atoms with E-state index in [1.807, 2.05) is 60.8 Å². The van der Waals surface area contributed by atoms with E-state index >= 15 is 0 Å². The fourth-order valence-corrected chi connectivity index (χ4v) is 4.39. The summed E-state index contributed by atoms with van der Waals surface area (Å²) in [5.74, 6) is -0.109. The van der Waals surface area contributed by atoms with Gasteiger partial charge in [0.15, 0.2) is 6.61 Å². The lowest BCUT2D eigenvalue weighted by Crippen LogP contribution is -2.50. The summed E-state index contributed by atoms with van der Waals surface area (Å²) in [5.41, 5.74) is 3.28. The summed E-state index contributed by atoms with van der Waals surface area (Å²) < 4.78 is 11.0. The smallest absolute Gasteiger partial charge is 0.329 e. The Morgan fingerprint density at radius 3 is 2.68 bits per heavy atom. The third kappa shape index (κ3) is 4.32. The van der Waals surface area contributed by atoms with Gasteiger partial charge in [0.05, 0.1) is 17.5 Å². The summed E-state index contributed by atoms with van der Waals surface area (Å²) in [6.45, 7) is 5.35. The summed E-state index contributed by atoms with van der Waals surface area (Å²) in [7, 11) is 0. The second kappa shape index (κ2) is 8.89. The van der Waals surface area contributed by atoms with Crippen LogP contribution in [0.4, 0.5) is 5.69 Å². The van der Waals surface area contributed by atoms with Crippen molar-refractivity contribution in [3.63, 3.8) is 0 Å². The number of carbonyl (C=O) groups is 2. The van der Waals surface area contributed by atoms with Crippen molar-refractivity contribution in [1.82, 2.24) is 4.98 Å². The number of carbonyl (C=O) groups excluding carboxylic acids is 2. The molecule has 0 saturated heterocycles. The predicted molar refractivity (Wildman–Crippen MR) is 121 cm³/mol. The first-order chi connectivity index (χ1) is 15.0. The number of aromatic nitrogens is 1. The van der Waals surface area contributed by atoms with E-state index in [1.165, 1.54) is 4.90 Å². The number of rotatable bonds is 6. The third-order valence-corrected chi connectivity index (χ3v) is 5.87. The molecule has 2 aromatic carbocycles. The molecule has 1 unspecified atom stereocenters. The highest BCUT2D eigenvalue weighted by atomic mass is 32.1. The maximum absolute atomic E-state index is 12.8. The van der Waals surface area contributed by atoms with E-state index in [1.54, 1.807) is 25.2 Å². The van der Waals surface area contributed by atoms with E-state index in [0.29, 0.717) is 17.9 Å². The topological polar surface area (TPSA) is 68.7 Å². The number of esters is 1. The molecule has 1 amide bonds. The van der Waals surface area contributed by atoms with Gasteiger partial charge in [0.1, 0.15) is 16.8 Å². The van der Waals surface area contributed by atoms with E-state index in [9.17, 15) is 9.59 Å². The minimum atomic E-state index is -0.705. The number of thiazole rings is 1. The Hall–Kier alpha value is -3.19. The van der Waals surface area contributed by atoms with Crippen LogP contribution in [0, 0.1) is 0 Å². The van der Waals surface area contributed by atoms with E-state index < -0.39 is 12.0 Å².